The average Bonchev–Trinajstić information content (AvgIpc) is 0.789. The molecule has 18 heteroatoms. The summed E-state index contributed by atoms with van der Waals surface area (Å²) in [6, 6.07) is 60.1. The number of carbonyl (C=O) groups is 6. The summed E-state index contributed by atoms with van der Waals surface area (Å²) in [5, 5.41) is 60.4. The predicted molar refractivity (Wildman–Crippen MR) is 502 cm³/mol. The molecule has 128 heavy (non-hydrogen) atoms. The number of hydrogen-bond donors (Lipinski definition) is 6. The molecule has 0 aliphatic rings. The van der Waals surface area contributed by atoms with Gasteiger partial charge in [0.1, 0.15) is 69.0 Å². The molecule has 12 aromatic carbocycles. The molecular weight excluding hydrogens is 1610 g/mol. The number of hydrogen-bond acceptors (Lipinski definition) is 18. The van der Waals surface area contributed by atoms with E-state index in [1.165, 1.54) is 0 Å². The first-order valence-corrected chi connectivity index (χ1v) is 41.2. The molecule has 0 radical (unpaired) electrons. The third kappa shape index (κ3) is 23.8. The Labute approximate surface area is 748 Å². The standard InChI is InChI=1S/2C29H28O5.2C26H26O4/c1-7-27(31)33-22-11-9-21(10-12-22)29(23-13-19(5)25(30)15-17(23)3)24-14-20(6)26(16-18(24)4)34-28(32)8-2;1-7-25(30)33-24-11-9-21(10-12-24)27(22-13-17(3)28(32)18(4)14-22)23-15-19(5)29(20(6)16-23)34-26(31)8-2;1-6-25(29)30-24-14-16(3)22(12-18(24)5)26(19-7-9-20(27)10-8-19)21-11-17(4)23(28)13-15(21)2;1-6-23(28)30-26-17(4)13-21(14-18(26)5)24(19-7-9-22(27)10-8-19)20-11-15(2)25(29)16(3)12-20/h7-16,29-30H,1-2H2,3-6H3;7-16,27,32H,1-2H2,3-6H3;6-14,26-28H,1H2,2-5H3;6-14,24,27,29H,1H2,2-5H3. The Morgan fingerprint density at radius 2 is 0.445 bits per heavy atom. The highest BCUT2D eigenvalue weighted by Gasteiger charge is 2.29. The Morgan fingerprint density at radius 1 is 0.227 bits per heavy atom. The maximum atomic E-state index is 11.8. The van der Waals surface area contributed by atoms with Gasteiger partial charge in [0.05, 0.1) is 0 Å². The van der Waals surface area contributed by atoms with Gasteiger partial charge < -0.3 is 59.1 Å². The van der Waals surface area contributed by atoms with Gasteiger partial charge in [-0.1, -0.05) is 161 Å². The minimum absolute atomic E-state index is 0.118. The molecule has 0 aliphatic carbocycles. The summed E-state index contributed by atoms with van der Waals surface area (Å²) >= 11 is 0. The number of benzene rings is 12. The summed E-state index contributed by atoms with van der Waals surface area (Å²) in [5.74, 6) is 0.708. The van der Waals surface area contributed by atoms with Crippen LogP contribution < -0.4 is 28.4 Å². The number of aromatic hydroxyl groups is 6. The third-order valence-electron chi connectivity index (χ3n) is 22.0. The van der Waals surface area contributed by atoms with Crippen LogP contribution in [-0.4, -0.2) is 66.5 Å². The van der Waals surface area contributed by atoms with E-state index in [1.807, 2.05) is 244 Å². The van der Waals surface area contributed by atoms with Crippen molar-refractivity contribution in [1.82, 2.24) is 0 Å². The quantitative estimate of drug-likeness (QED) is 0.0142. The van der Waals surface area contributed by atoms with E-state index in [4.69, 9.17) is 28.4 Å². The molecule has 0 heterocycles. The summed E-state index contributed by atoms with van der Waals surface area (Å²) in [7, 11) is 0. The second-order valence-electron chi connectivity index (χ2n) is 31.7. The second-order valence-corrected chi connectivity index (χ2v) is 31.7. The highest BCUT2D eigenvalue weighted by molar-refractivity contribution is 5.87. The first kappa shape index (κ1) is 96.5. The Kier molecular flexibility index (Phi) is 32.3. The monoisotopic (exact) mass is 1720 g/mol. The lowest BCUT2D eigenvalue weighted by Crippen LogP contribution is -2.10. The van der Waals surface area contributed by atoms with Gasteiger partial charge in [-0.3, -0.25) is 0 Å². The molecule has 6 N–H and O–H groups in total. The first-order valence-electron chi connectivity index (χ1n) is 41.2. The van der Waals surface area contributed by atoms with Crippen LogP contribution in [0.2, 0.25) is 0 Å². The molecule has 0 aliphatic heterocycles. The van der Waals surface area contributed by atoms with E-state index < -0.39 is 35.8 Å². The van der Waals surface area contributed by atoms with Gasteiger partial charge in [-0.25, -0.2) is 28.8 Å². The summed E-state index contributed by atoms with van der Waals surface area (Å²) < 4.78 is 32.1. The molecule has 656 valence electrons. The number of phenols is 6. The van der Waals surface area contributed by atoms with E-state index in [0.717, 1.165) is 192 Å². The van der Waals surface area contributed by atoms with E-state index in [0.29, 0.717) is 40.2 Å². The van der Waals surface area contributed by atoms with Crippen molar-refractivity contribution in [3.63, 3.8) is 0 Å². The van der Waals surface area contributed by atoms with E-state index in [-0.39, 0.29) is 52.4 Å². The van der Waals surface area contributed by atoms with E-state index in [2.05, 4.69) is 39.5 Å². The molecule has 0 bridgehead atoms. The van der Waals surface area contributed by atoms with Crippen LogP contribution in [0.3, 0.4) is 0 Å². The van der Waals surface area contributed by atoms with Gasteiger partial charge in [-0.15, -0.1) is 0 Å². The van der Waals surface area contributed by atoms with Crippen LogP contribution >= 0.6 is 0 Å². The summed E-state index contributed by atoms with van der Waals surface area (Å²) in [6.45, 7) is 51.2. The highest BCUT2D eigenvalue weighted by atomic mass is 16.6. The molecule has 18 nitrogen and oxygen atoms in total. The van der Waals surface area contributed by atoms with Gasteiger partial charge in [-0.2, -0.15) is 0 Å². The van der Waals surface area contributed by atoms with E-state index >= 15 is 0 Å². The lowest BCUT2D eigenvalue weighted by molar-refractivity contribution is -0.129. The molecule has 0 amide bonds. The third-order valence-corrected chi connectivity index (χ3v) is 22.0. The smallest absolute Gasteiger partial charge is 0.335 e. The van der Waals surface area contributed by atoms with Crippen molar-refractivity contribution in [2.45, 2.75) is 134 Å². The van der Waals surface area contributed by atoms with Crippen LogP contribution in [-0.2, 0) is 28.8 Å². The topological polar surface area (TPSA) is 279 Å². The SMILES string of the molecule is C=CC(=O)Oc1c(C)cc(C(c2ccc(O)cc2)c2cc(C)c(O)c(C)c2)cc1C.C=CC(=O)Oc1cc(C)c(C(c2ccc(O)cc2)c2cc(C)c(O)cc2C)cc1C.C=CC(=O)Oc1ccc(C(c2cc(C)c(O)c(C)c2)c2cc(C)c(OC(=O)C=C)c(C)c2)cc1.C=CC(=O)Oc1ccc(C(c2cc(C)c(O)cc2C)c2cc(C)c(OC(=O)C=C)cc2C)cc1. The number of carbonyl (C=O) groups excluding carboxylic acids is 6. The summed E-state index contributed by atoms with van der Waals surface area (Å²) in [4.78, 5) is 70.0. The van der Waals surface area contributed by atoms with Crippen LogP contribution in [0.1, 0.15) is 179 Å². The fourth-order valence-electron chi connectivity index (χ4n) is 15.6. The minimum Gasteiger partial charge on any atom is -0.508 e. The van der Waals surface area contributed by atoms with Crippen LogP contribution in [0.5, 0.6) is 69.0 Å². The number of phenolic OH excluding ortho intramolecular Hbond substituents is 6. The Hall–Kier alpha value is -15.3. The Bertz CT molecular complexity index is 6190. The molecule has 0 saturated carbocycles. The minimum atomic E-state index is -0.523. The molecule has 4 unspecified atom stereocenters. The zero-order valence-corrected chi connectivity index (χ0v) is 75.1. The largest absolute Gasteiger partial charge is 0.508 e. The Morgan fingerprint density at radius 3 is 0.711 bits per heavy atom. The lowest BCUT2D eigenvalue weighted by Gasteiger charge is -2.25. The van der Waals surface area contributed by atoms with Crippen molar-refractivity contribution in [1.29, 1.82) is 0 Å². The van der Waals surface area contributed by atoms with Crippen molar-refractivity contribution in [2.75, 3.05) is 0 Å². The van der Waals surface area contributed by atoms with Crippen molar-refractivity contribution in [3.8, 4) is 69.0 Å². The Balaban J connectivity index is 0.000000193. The van der Waals surface area contributed by atoms with E-state index in [9.17, 15) is 59.4 Å². The molecule has 12 rings (SSSR count). The number of ether oxygens (including phenoxy) is 6. The van der Waals surface area contributed by atoms with Gasteiger partial charge >= 0.3 is 35.8 Å². The molecule has 12 aromatic rings. The molecular formula is C110H108O18. The van der Waals surface area contributed by atoms with Gasteiger partial charge in [0, 0.05) is 60.1 Å². The second kappa shape index (κ2) is 42.9. The highest BCUT2D eigenvalue weighted by Crippen LogP contribution is 2.46. The van der Waals surface area contributed by atoms with Crippen molar-refractivity contribution >= 4 is 35.8 Å². The van der Waals surface area contributed by atoms with Crippen molar-refractivity contribution in [2.24, 2.45) is 0 Å². The average molecular weight is 1720 g/mol. The van der Waals surface area contributed by atoms with Crippen molar-refractivity contribution < 1.29 is 87.8 Å². The van der Waals surface area contributed by atoms with Crippen LogP contribution in [0.15, 0.2) is 270 Å². The molecule has 0 fully saturated rings. The summed E-state index contributed by atoms with van der Waals surface area (Å²) in [6.07, 6.45) is 6.79. The van der Waals surface area contributed by atoms with Gasteiger partial charge in [0.25, 0.3) is 0 Å². The van der Waals surface area contributed by atoms with Crippen molar-refractivity contribution in [3.05, 3.63) is 426 Å². The zero-order valence-electron chi connectivity index (χ0n) is 75.1. The van der Waals surface area contributed by atoms with Crippen LogP contribution in [0.25, 0.3) is 0 Å². The predicted octanol–water partition coefficient (Wildman–Crippen LogP) is 23.2. The molecule has 0 aromatic heterocycles. The van der Waals surface area contributed by atoms with Gasteiger partial charge in [0.2, 0.25) is 0 Å². The fourth-order valence-corrected chi connectivity index (χ4v) is 15.6. The van der Waals surface area contributed by atoms with Gasteiger partial charge in [0.15, 0.2) is 0 Å². The molecule has 0 spiro atoms. The maximum absolute atomic E-state index is 11.8. The zero-order chi connectivity index (χ0) is 94.0. The number of esters is 6. The van der Waals surface area contributed by atoms with Crippen LogP contribution in [0, 0.1) is 111 Å². The summed E-state index contributed by atoms with van der Waals surface area (Å²) in [5.41, 5.74) is 25.7. The van der Waals surface area contributed by atoms with Crippen LogP contribution in [0.4, 0.5) is 0 Å². The normalized spacial score (nSPS) is 11.6. The van der Waals surface area contributed by atoms with E-state index in [1.54, 1.807) is 60.7 Å². The first-order chi connectivity index (χ1) is 60.7. The molecule has 4 atom stereocenters. The van der Waals surface area contributed by atoms with Gasteiger partial charge in [-0.05, 0) is 339 Å². The lowest BCUT2D eigenvalue weighted by atomic mass is 9.80. The molecule has 0 saturated heterocycles. The fraction of sp³-hybridized carbons (Fsp3) is 0.182. The maximum Gasteiger partial charge on any atom is 0.335 e. The number of aryl methyl sites for hydroxylation is 16. The number of rotatable bonds is 24.